The molecule has 0 bridgehead atoms. The lowest BCUT2D eigenvalue weighted by Gasteiger charge is -2.17. The molecule has 10 nitrogen and oxygen atoms in total. The lowest BCUT2D eigenvalue weighted by molar-refractivity contribution is -0.385. The van der Waals surface area contributed by atoms with Crippen LogP contribution in [0.5, 0.6) is 0 Å². The molecule has 0 radical (unpaired) electrons. The molecule has 0 atom stereocenters. The SMILES string of the molecule is O=C(CN1C(=O)c2cccc([N+](=O)[O-])c2C1=O)Nc1cc(C(F)(F)F)ccc1-n1cccn1. The minimum Gasteiger partial charge on any atom is -0.323 e. The van der Waals surface area contributed by atoms with E-state index in [0.29, 0.717) is 11.0 Å². The van der Waals surface area contributed by atoms with E-state index in [2.05, 4.69) is 10.4 Å². The maximum Gasteiger partial charge on any atom is 0.416 e. The average Bonchev–Trinajstić information content (AvgIpc) is 3.37. The van der Waals surface area contributed by atoms with Crippen molar-refractivity contribution in [1.82, 2.24) is 14.7 Å². The first-order chi connectivity index (χ1) is 15.6. The number of hydrogen-bond acceptors (Lipinski definition) is 6. The van der Waals surface area contributed by atoms with Crippen molar-refractivity contribution in [2.75, 3.05) is 11.9 Å². The van der Waals surface area contributed by atoms with Crippen molar-refractivity contribution in [1.29, 1.82) is 0 Å². The zero-order chi connectivity index (χ0) is 23.9. The van der Waals surface area contributed by atoms with Gasteiger partial charge in [0.15, 0.2) is 0 Å². The highest BCUT2D eigenvalue weighted by Crippen LogP contribution is 2.34. The highest BCUT2D eigenvalue weighted by Gasteiger charge is 2.41. The van der Waals surface area contributed by atoms with Crippen LogP contribution in [-0.2, 0) is 11.0 Å². The summed E-state index contributed by atoms with van der Waals surface area (Å²) in [6, 6.07) is 7.63. The number of carbonyl (C=O) groups excluding carboxylic acids is 3. The van der Waals surface area contributed by atoms with Gasteiger partial charge in [-0.05, 0) is 30.3 Å². The Labute approximate surface area is 182 Å². The van der Waals surface area contributed by atoms with Gasteiger partial charge in [0, 0.05) is 18.5 Å². The normalized spacial score (nSPS) is 13.2. The number of nitrogens with zero attached hydrogens (tertiary/aromatic N) is 4. The molecule has 0 unspecified atom stereocenters. The number of anilines is 1. The summed E-state index contributed by atoms with van der Waals surface area (Å²) >= 11 is 0. The number of hydrogen-bond donors (Lipinski definition) is 1. The van der Waals surface area contributed by atoms with Crippen LogP contribution in [0.2, 0.25) is 0 Å². The lowest BCUT2D eigenvalue weighted by Crippen LogP contribution is -2.37. The minimum absolute atomic E-state index is 0.111. The first-order valence-corrected chi connectivity index (χ1v) is 9.22. The van der Waals surface area contributed by atoms with Crippen LogP contribution in [-0.4, -0.2) is 43.9 Å². The third kappa shape index (κ3) is 3.91. The van der Waals surface area contributed by atoms with Crippen molar-refractivity contribution in [3.63, 3.8) is 0 Å². The van der Waals surface area contributed by atoms with E-state index in [-0.39, 0.29) is 16.9 Å². The van der Waals surface area contributed by atoms with Crippen LogP contribution in [0, 0.1) is 10.1 Å². The van der Waals surface area contributed by atoms with Gasteiger partial charge >= 0.3 is 6.18 Å². The van der Waals surface area contributed by atoms with E-state index >= 15 is 0 Å². The van der Waals surface area contributed by atoms with E-state index in [1.54, 1.807) is 0 Å². The molecule has 168 valence electrons. The topological polar surface area (TPSA) is 127 Å². The molecule has 0 spiro atoms. The minimum atomic E-state index is -4.69. The van der Waals surface area contributed by atoms with Gasteiger partial charge in [-0.1, -0.05) is 6.07 Å². The first-order valence-electron chi connectivity index (χ1n) is 9.22. The summed E-state index contributed by atoms with van der Waals surface area (Å²) in [6.45, 7) is -0.863. The summed E-state index contributed by atoms with van der Waals surface area (Å²) in [6.07, 6.45) is -1.86. The second kappa shape index (κ2) is 7.85. The Bertz CT molecular complexity index is 1300. The van der Waals surface area contributed by atoms with Crippen molar-refractivity contribution >= 4 is 29.1 Å². The number of imide groups is 1. The monoisotopic (exact) mass is 459 g/mol. The van der Waals surface area contributed by atoms with Gasteiger partial charge in [-0.25, -0.2) is 4.68 Å². The number of rotatable bonds is 5. The number of nitro benzene ring substituents is 1. The van der Waals surface area contributed by atoms with Crippen LogP contribution < -0.4 is 5.32 Å². The zero-order valence-corrected chi connectivity index (χ0v) is 16.4. The molecule has 0 saturated carbocycles. The fourth-order valence-corrected chi connectivity index (χ4v) is 3.37. The number of fused-ring (bicyclic) bond motifs is 1. The summed E-state index contributed by atoms with van der Waals surface area (Å²) < 4.78 is 40.8. The molecule has 2 heterocycles. The van der Waals surface area contributed by atoms with Gasteiger partial charge in [0.25, 0.3) is 17.5 Å². The molecule has 1 aromatic heterocycles. The summed E-state index contributed by atoms with van der Waals surface area (Å²) in [5, 5.41) is 17.4. The Morgan fingerprint density at radius 2 is 1.88 bits per heavy atom. The highest BCUT2D eigenvalue weighted by molar-refractivity contribution is 6.24. The second-order valence-corrected chi connectivity index (χ2v) is 6.88. The molecular formula is C20H12F3N5O5. The molecule has 0 fully saturated rings. The van der Waals surface area contributed by atoms with Gasteiger partial charge in [-0.15, -0.1) is 0 Å². The van der Waals surface area contributed by atoms with Crippen LogP contribution in [0.25, 0.3) is 5.69 Å². The Morgan fingerprint density at radius 3 is 2.52 bits per heavy atom. The maximum absolute atomic E-state index is 13.2. The number of carbonyl (C=O) groups is 3. The average molecular weight is 459 g/mol. The predicted molar refractivity (Wildman–Crippen MR) is 106 cm³/mol. The first kappa shape index (κ1) is 21.7. The second-order valence-electron chi connectivity index (χ2n) is 6.88. The number of amides is 3. The zero-order valence-electron chi connectivity index (χ0n) is 16.4. The van der Waals surface area contributed by atoms with Crippen molar-refractivity contribution in [2.45, 2.75) is 6.18 Å². The van der Waals surface area contributed by atoms with Crippen LogP contribution in [0.3, 0.4) is 0 Å². The van der Waals surface area contributed by atoms with E-state index in [1.807, 2.05) is 0 Å². The number of benzene rings is 2. The van der Waals surface area contributed by atoms with Gasteiger partial charge in [-0.3, -0.25) is 29.4 Å². The number of alkyl halides is 3. The van der Waals surface area contributed by atoms with Crippen molar-refractivity contribution in [3.8, 4) is 5.69 Å². The smallest absolute Gasteiger partial charge is 0.323 e. The summed E-state index contributed by atoms with van der Waals surface area (Å²) in [4.78, 5) is 48.6. The van der Waals surface area contributed by atoms with Crippen LogP contribution in [0.1, 0.15) is 26.3 Å². The molecule has 1 aliphatic rings. The Balaban J connectivity index is 1.62. The molecule has 3 amide bonds. The Morgan fingerprint density at radius 1 is 1.12 bits per heavy atom. The summed E-state index contributed by atoms with van der Waals surface area (Å²) in [7, 11) is 0. The summed E-state index contributed by atoms with van der Waals surface area (Å²) in [5.74, 6) is -2.96. The third-order valence-electron chi connectivity index (χ3n) is 4.82. The maximum atomic E-state index is 13.2. The van der Waals surface area contributed by atoms with Crippen LogP contribution in [0.15, 0.2) is 54.9 Å². The van der Waals surface area contributed by atoms with Crippen LogP contribution in [0.4, 0.5) is 24.5 Å². The van der Waals surface area contributed by atoms with Gasteiger partial charge in [-0.2, -0.15) is 18.3 Å². The third-order valence-corrected chi connectivity index (χ3v) is 4.82. The van der Waals surface area contributed by atoms with Gasteiger partial charge in [0.1, 0.15) is 12.1 Å². The Hall–Kier alpha value is -4.55. The van der Waals surface area contributed by atoms with Crippen LogP contribution >= 0.6 is 0 Å². The fourth-order valence-electron chi connectivity index (χ4n) is 3.37. The molecule has 2 aromatic carbocycles. The molecule has 3 aromatic rings. The molecule has 1 N–H and O–H groups in total. The van der Waals surface area contributed by atoms with E-state index in [9.17, 15) is 37.7 Å². The number of nitrogens with one attached hydrogen (secondary N) is 1. The lowest BCUT2D eigenvalue weighted by atomic mass is 10.1. The Kier molecular flexibility index (Phi) is 5.16. The largest absolute Gasteiger partial charge is 0.416 e. The number of aromatic nitrogens is 2. The molecule has 33 heavy (non-hydrogen) atoms. The molecule has 0 saturated heterocycles. The van der Waals surface area contributed by atoms with Gasteiger partial charge < -0.3 is 5.32 Å². The van der Waals surface area contributed by atoms with E-state index in [0.717, 1.165) is 18.2 Å². The van der Waals surface area contributed by atoms with Crippen molar-refractivity contribution in [2.24, 2.45) is 0 Å². The molecule has 1 aliphatic heterocycles. The molecule has 4 rings (SSSR count). The molecular weight excluding hydrogens is 447 g/mol. The van der Waals surface area contributed by atoms with E-state index in [1.165, 1.54) is 35.3 Å². The van der Waals surface area contributed by atoms with Gasteiger partial charge in [0.05, 0.1) is 27.4 Å². The quantitative estimate of drug-likeness (QED) is 0.355. The molecule has 0 aliphatic carbocycles. The number of nitro groups is 1. The van der Waals surface area contributed by atoms with Crippen molar-refractivity contribution in [3.05, 3.63) is 81.7 Å². The molecule has 13 heteroatoms. The standard InChI is InChI=1S/C20H12F3N5O5/c21-20(22,23)11-5-6-14(27-8-2-7-24-27)13(9-11)25-16(29)10-26-18(30)12-3-1-4-15(28(32)33)17(12)19(26)31/h1-9H,10H2,(H,25,29). The predicted octanol–water partition coefficient (Wildman–Crippen LogP) is 3.03. The summed E-state index contributed by atoms with van der Waals surface area (Å²) in [5.41, 5.74) is -2.46. The van der Waals surface area contributed by atoms with Gasteiger partial charge in [0.2, 0.25) is 5.91 Å². The highest BCUT2D eigenvalue weighted by atomic mass is 19.4. The van der Waals surface area contributed by atoms with E-state index in [4.69, 9.17) is 0 Å². The van der Waals surface area contributed by atoms with E-state index < -0.39 is 52.2 Å². The fraction of sp³-hybridized carbons (Fsp3) is 0.100. The number of halogens is 3. The van der Waals surface area contributed by atoms with Crippen molar-refractivity contribution < 1.29 is 32.5 Å².